The Bertz CT molecular complexity index is 211. The third kappa shape index (κ3) is 8.18. The maximum Gasteiger partial charge on any atom is 0.0478 e. The first-order valence-electron chi connectivity index (χ1n) is 9.49. The van der Waals surface area contributed by atoms with Crippen molar-refractivity contribution in [2.24, 2.45) is 0 Å². The lowest BCUT2D eigenvalue weighted by molar-refractivity contribution is 0.127. The lowest BCUT2D eigenvalue weighted by Gasteiger charge is -2.23. The molecule has 2 aliphatic rings. The topological polar surface area (TPSA) is 33.3 Å². The van der Waals surface area contributed by atoms with Crippen LogP contribution in [0.15, 0.2) is 0 Å². The van der Waals surface area contributed by atoms with Crippen molar-refractivity contribution in [2.45, 2.75) is 89.1 Å². The molecule has 2 N–H and O–H groups in total. The van der Waals surface area contributed by atoms with Crippen LogP contribution < -0.4 is 10.6 Å². The van der Waals surface area contributed by atoms with Gasteiger partial charge in [-0.15, -0.1) is 0 Å². The monoisotopic (exact) mass is 296 g/mol. The first kappa shape index (κ1) is 17.2. The second kappa shape index (κ2) is 11.4. The Kier molecular flexibility index (Phi) is 9.40. The highest BCUT2D eigenvalue weighted by Gasteiger charge is 2.12. The van der Waals surface area contributed by atoms with Crippen LogP contribution in [-0.2, 0) is 4.74 Å². The van der Waals surface area contributed by atoms with Gasteiger partial charge in [-0.3, -0.25) is 0 Å². The molecule has 0 aromatic carbocycles. The number of hydrogen-bond donors (Lipinski definition) is 2. The fourth-order valence-corrected chi connectivity index (χ4v) is 3.68. The lowest BCUT2D eigenvalue weighted by atomic mass is 9.95. The van der Waals surface area contributed by atoms with Crippen molar-refractivity contribution in [1.29, 1.82) is 0 Å². The van der Waals surface area contributed by atoms with Gasteiger partial charge in [0.2, 0.25) is 0 Å². The number of hydrogen-bond acceptors (Lipinski definition) is 3. The molecule has 0 aliphatic heterocycles. The van der Waals surface area contributed by atoms with E-state index < -0.39 is 0 Å². The molecule has 124 valence electrons. The third-order valence-corrected chi connectivity index (χ3v) is 5.01. The summed E-state index contributed by atoms with van der Waals surface area (Å²) in [7, 11) is 0. The standard InChI is InChI=1S/C18H36N2O/c1-3-9-17(10-4-1)19-13-7-15-21-16-8-14-20-18-11-5-2-6-12-18/h17-20H,1-16H2. The quantitative estimate of drug-likeness (QED) is 0.604. The van der Waals surface area contributed by atoms with Crippen molar-refractivity contribution in [3.63, 3.8) is 0 Å². The summed E-state index contributed by atoms with van der Waals surface area (Å²) in [6.07, 6.45) is 16.4. The van der Waals surface area contributed by atoms with Crippen LogP contribution in [0, 0.1) is 0 Å². The molecular formula is C18H36N2O. The highest BCUT2D eigenvalue weighted by Crippen LogP contribution is 2.17. The summed E-state index contributed by atoms with van der Waals surface area (Å²) in [6, 6.07) is 1.58. The van der Waals surface area contributed by atoms with Crippen LogP contribution in [0.2, 0.25) is 0 Å². The maximum absolute atomic E-state index is 5.73. The molecule has 0 aromatic heterocycles. The fourth-order valence-electron chi connectivity index (χ4n) is 3.68. The van der Waals surface area contributed by atoms with Gasteiger partial charge in [0.25, 0.3) is 0 Å². The van der Waals surface area contributed by atoms with E-state index in [-0.39, 0.29) is 0 Å². The second-order valence-corrected chi connectivity index (χ2v) is 6.90. The Morgan fingerprint density at radius 2 is 1.05 bits per heavy atom. The van der Waals surface area contributed by atoms with Crippen LogP contribution in [-0.4, -0.2) is 38.4 Å². The molecule has 0 atom stereocenters. The van der Waals surface area contributed by atoms with Gasteiger partial charge in [0.1, 0.15) is 0 Å². The Balaban J connectivity index is 1.30. The van der Waals surface area contributed by atoms with E-state index >= 15 is 0 Å². The maximum atomic E-state index is 5.73. The van der Waals surface area contributed by atoms with Crippen molar-refractivity contribution in [3.8, 4) is 0 Å². The second-order valence-electron chi connectivity index (χ2n) is 6.90. The van der Waals surface area contributed by atoms with Gasteiger partial charge in [0.05, 0.1) is 0 Å². The summed E-state index contributed by atoms with van der Waals surface area (Å²) in [5.41, 5.74) is 0. The summed E-state index contributed by atoms with van der Waals surface area (Å²) < 4.78 is 5.73. The average Bonchev–Trinajstić information content (AvgIpc) is 2.55. The predicted octanol–water partition coefficient (Wildman–Crippen LogP) is 3.63. The Labute approximate surface area is 131 Å². The van der Waals surface area contributed by atoms with Gasteiger partial charge in [-0.2, -0.15) is 0 Å². The van der Waals surface area contributed by atoms with Crippen LogP contribution in [0.1, 0.15) is 77.0 Å². The fraction of sp³-hybridized carbons (Fsp3) is 1.00. The molecule has 0 saturated heterocycles. The van der Waals surface area contributed by atoms with E-state index in [0.717, 1.165) is 51.2 Å². The minimum atomic E-state index is 0.790. The summed E-state index contributed by atoms with van der Waals surface area (Å²) in [6.45, 7) is 4.10. The van der Waals surface area contributed by atoms with Gasteiger partial charge < -0.3 is 15.4 Å². The molecule has 2 fully saturated rings. The first-order chi connectivity index (χ1) is 10.4. The number of nitrogens with one attached hydrogen (secondary N) is 2. The summed E-state index contributed by atoms with van der Waals surface area (Å²) >= 11 is 0. The highest BCUT2D eigenvalue weighted by atomic mass is 16.5. The molecule has 2 saturated carbocycles. The van der Waals surface area contributed by atoms with Crippen LogP contribution in [0.3, 0.4) is 0 Å². The molecule has 2 aliphatic carbocycles. The Morgan fingerprint density at radius 3 is 1.48 bits per heavy atom. The molecule has 2 rings (SSSR count). The summed E-state index contributed by atoms with van der Waals surface area (Å²) in [5, 5.41) is 7.35. The van der Waals surface area contributed by atoms with Crippen molar-refractivity contribution in [2.75, 3.05) is 26.3 Å². The van der Waals surface area contributed by atoms with E-state index in [4.69, 9.17) is 4.74 Å². The van der Waals surface area contributed by atoms with Gasteiger partial charge in [-0.1, -0.05) is 38.5 Å². The van der Waals surface area contributed by atoms with Crippen LogP contribution >= 0.6 is 0 Å². The third-order valence-electron chi connectivity index (χ3n) is 5.01. The average molecular weight is 296 g/mol. The zero-order valence-corrected chi connectivity index (χ0v) is 13.9. The smallest absolute Gasteiger partial charge is 0.0478 e. The van der Waals surface area contributed by atoms with Crippen molar-refractivity contribution >= 4 is 0 Å². The first-order valence-corrected chi connectivity index (χ1v) is 9.49. The van der Waals surface area contributed by atoms with Crippen molar-refractivity contribution in [3.05, 3.63) is 0 Å². The molecule has 3 nitrogen and oxygen atoms in total. The minimum Gasteiger partial charge on any atom is -0.381 e. The van der Waals surface area contributed by atoms with Gasteiger partial charge in [0.15, 0.2) is 0 Å². The van der Waals surface area contributed by atoms with E-state index in [1.54, 1.807) is 0 Å². The molecule has 21 heavy (non-hydrogen) atoms. The van der Waals surface area contributed by atoms with E-state index in [0.29, 0.717) is 0 Å². The highest BCUT2D eigenvalue weighted by molar-refractivity contribution is 4.72. The lowest BCUT2D eigenvalue weighted by Crippen LogP contribution is -2.32. The molecule has 0 heterocycles. The van der Waals surface area contributed by atoms with Gasteiger partial charge in [-0.05, 0) is 51.6 Å². The Morgan fingerprint density at radius 1 is 0.619 bits per heavy atom. The minimum absolute atomic E-state index is 0.790. The molecular weight excluding hydrogens is 260 g/mol. The zero-order valence-electron chi connectivity index (χ0n) is 13.9. The van der Waals surface area contributed by atoms with Gasteiger partial charge >= 0.3 is 0 Å². The zero-order chi connectivity index (χ0) is 14.6. The molecule has 0 bridgehead atoms. The molecule has 0 unspecified atom stereocenters. The van der Waals surface area contributed by atoms with Gasteiger partial charge in [0, 0.05) is 25.3 Å². The Hall–Kier alpha value is -0.120. The largest absolute Gasteiger partial charge is 0.381 e. The van der Waals surface area contributed by atoms with Crippen LogP contribution in [0.4, 0.5) is 0 Å². The SMILES string of the molecule is C1CCC(NCCCOCCCNC2CCCCC2)CC1. The van der Waals surface area contributed by atoms with Crippen molar-refractivity contribution in [1.82, 2.24) is 10.6 Å². The molecule has 0 amide bonds. The van der Waals surface area contributed by atoms with Crippen LogP contribution in [0.25, 0.3) is 0 Å². The predicted molar refractivity (Wildman–Crippen MR) is 89.8 cm³/mol. The summed E-state index contributed by atoms with van der Waals surface area (Å²) in [5.74, 6) is 0. The van der Waals surface area contributed by atoms with E-state index in [9.17, 15) is 0 Å². The van der Waals surface area contributed by atoms with Gasteiger partial charge in [-0.25, -0.2) is 0 Å². The molecule has 3 heteroatoms. The van der Waals surface area contributed by atoms with Crippen LogP contribution in [0.5, 0.6) is 0 Å². The molecule has 0 spiro atoms. The molecule has 0 aromatic rings. The van der Waals surface area contributed by atoms with E-state index in [1.165, 1.54) is 64.2 Å². The number of ether oxygens (including phenoxy) is 1. The molecule has 0 radical (unpaired) electrons. The van der Waals surface area contributed by atoms with E-state index in [1.807, 2.05) is 0 Å². The summed E-state index contributed by atoms with van der Waals surface area (Å²) in [4.78, 5) is 0. The van der Waals surface area contributed by atoms with E-state index in [2.05, 4.69) is 10.6 Å². The number of rotatable bonds is 10. The van der Waals surface area contributed by atoms with Crippen molar-refractivity contribution < 1.29 is 4.74 Å². The normalized spacial score (nSPS) is 21.7.